The summed E-state index contributed by atoms with van der Waals surface area (Å²) >= 11 is 5.22. The molecule has 20 heavy (non-hydrogen) atoms. The van der Waals surface area contributed by atoms with Crippen molar-refractivity contribution in [3.8, 4) is 11.5 Å². The quantitative estimate of drug-likeness (QED) is 0.739. The van der Waals surface area contributed by atoms with Gasteiger partial charge >= 0.3 is 5.63 Å². The predicted octanol–water partition coefficient (Wildman–Crippen LogP) is 3.53. The monoisotopic (exact) mass is 287 g/mol. The third-order valence-corrected chi connectivity index (χ3v) is 3.04. The second-order valence-corrected chi connectivity index (χ2v) is 4.50. The van der Waals surface area contributed by atoms with E-state index in [-0.39, 0.29) is 6.61 Å². The number of benzene rings is 2. The molecule has 0 amide bonds. The molecule has 4 nitrogen and oxygen atoms in total. The zero-order chi connectivity index (χ0) is 13.9. The lowest BCUT2D eigenvalue weighted by Crippen LogP contribution is -2.03. The van der Waals surface area contributed by atoms with E-state index < -0.39 is 5.63 Å². The molecular weight excluding hydrogens is 278 g/mol. The molecule has 0 saturated carbocycles. The molecule has 1 heterocycles. The van der Waals surface area contributed by atoms with E-state index >= 15 is 0 Å². The maximum Gasteiger partial charge on any atom is 0.347 e. The van der Waals surface area contributed by atoms with E-state index in [9.17, 15) is 4.79 Å². The predicted molar refractivity (Wildman–Crippen MR) is 76.4 cm³/mol. The fourth-order valence-electron chi connectivity index (χ4n) is 1.98. The Morgan fingerprint density at radius 1 is 1.15 bits per heavy atom. The first-order valence-electron chi connectivity index (χ1n) is 6.00. The van der Waals surface area contributed by atoms with Gasteiger partial charge in [0, 0.05) is 5.56 Å². The summed E-state index contributed by atoms with van der Waals surface area (Å²) in [6.07, 6.45) is 0. The maximum atomic E-state index is 12.0. The van der Waals surface area contributed by atoms with E-state index in [4.69, 9.17) is 16.3 Å². The first kappa shape index (κ1) is 12.8. The average molecular weight is 288 g/mol. The Morgan fingerprint density at radius 3 is 2.70 bits per heavy atom. The lowest BCUT2D eigenvalue weighted by molar-refractivity contribution is 0.341. The van der Waals surface area contributed by atoms with Crippen molar-refractivity contribution in [3.63, 3.8) is 0 Å². The molecule has 0 fully saturated rings. The molecule has 0 radical (unpaired) electrons. The fraction of sp³-hybridized carbons (Fsp3) is 0.0667. The van der Waals surface area contributed by atoms with Gasteiger partial charge in [-0.15, -0.1) is 0 Å². The maximum absolute atomic E-state index is 12.0. The SMILES string of the molecule is O=c1oc(-c2ccccc2)nc2ccc(COCl)cc12. The van der Waals surface area contributed by atoms with Gasteiger partial charge in [-0.25, -0.2) is 9.78 Å². The summed E-state index contributed by atoms with van der Waals surface area (Å²) in [5.74, 6) is 0.310. The van der Waals surface area contributed by atoms with Crippen LogP contribution in [-0.4, -0.2) is 4.98 Å². The van der Waals surface area contributed by atoms with Crippen molar-refractivity contribution in [3.05, 3.63) is 64.5 Å². The van der Waals surface area contributed by atoms with Gasteiger partial charge in [-0.3, -0.25) is 4.29 Å². The van der Waals surface area contributed by atoms with Gasteiger partial charge in [-0.2, -0.15) is 0 Å². The molecule has 0 spiro atoms. The zero-order valence-electron chi connectivity index (χ0n) is 10.4. The normalized spacial score (nSPS) is 10.8. The topological polar surface area (TPSA) is 52.3 Å². The highest BCUT2D eigenvalue weighted by atomic mass is 35.5. The molecule has 0 N–H and O–H groups in total. The first-order valence-corrected chi connectivity index (χ1v) is 6.31. The van der Waals surface area contributed by atoms with Gasteiger partial charge in [-0.05, 0) is 29.8 Å². The molecule has 2 aromatic carbocycles. The Morgan fingerprint density at radius 2 is 1.95 bits per heavy atom. The molecule has 0 atom stereocenters. The molecule has 5 heteroatoms. The van der Waals surface area contributed by atoms with E-state index in [0.717, 1.165) is 11.1 Å². The second kappa shape index (κ2) is 5.45. The molecule has 3 aromatic rings. The summed E-state index contributed by atoms with van der Waals surface area (Å²) < 4.78 is 9.80. The Kier molecular flexibility index (Phi) is 3.50. The van der Waals surface area contributed by atoms with Crippen molar-refractivity contribution in [2.45, 2.75) is 6.61 Å². The van der Waals surface area contributed by atoms with E-state index in [1.807, 2.05) is 36.4 Å². The van der Waals surface area contributed by atoms with Crippen LogP contribution in [0.3, 0.4) is 0 Å². The number of hydrogen-bond donors (Lipinski definition) is 0. The van der Waals surface area contributed by atoms with Gasteiger partial charge < -0.3 is 4.42 Å². The van der Waals surface area contributed by atoms with Crippen molar-refractivity contribution in [2.24, 2.45) is 0 Å². The van der Waals surface area contributed by atoms with Crippen molar-refractivity contribution >= 4 is 22.8 Å². The van der Waals surface area contributed by atoms with Gasteiger partial charge in [0.1, 0.15) is 0 Å². The Hall–Kier alpha value is -2.17. The van der Waals surface area contributed by atoms with E-state index in [2.05, 4.69) is 9.27 Å². The first-order chi connectivity index (χ1) is 9.78. The number of hydrogen-bond acceptors (Lipinski definition) is 4. The summed E-state index contributed by atoms with van der Waals surface area (Å²) in [5.41, 5.74) is 1.71. The molecule has 0 aliphatic carbocycles. The van der Waals surface area contributed by atoms with Gasteiger partial charge in [0.15, 0.2) is 0 Å². The van der Waals surface area contributed by atoms with Crippen LogP contribution < -0.4 is 5.63 Å². The molecule has 1 aromatic heterocycles. The molecule has 0 aliphatic rings. The summed E-state index contributed by atoms with van der Waals surface area (Å²) in [6, 6.07) is 14.5. The molecular formula is C15H10ClNO3. The highest BCUT2D eigenvalue weighted by Crippen LogP contribution is 2.19. The number of rotatable bonds is 3. The summed E-state index contributed by atoms with van der Waals surface area (Å²) in [5, 5.41) is 0.413. The third kappa shape index (κ3) is 2.43. The van der Waals surface area contributed by atoms with Gasteiger partial charge in [0.25, 0.3) is 0 Å². The highest BCUT2D eigenvalue weighted by Gasteiger charge is 2.09. The summed E-state index contributed by atoms with van der Waals surface area (Å²) in [6.45, 7) is 0.220. The number of halogens is 1. The molecule has 0 unspecified atom stereocenters. The van der Waals surface area contributed by atoms with Crippen LogP contribution in [0.1, 0.15) is 5.56 Å². The Balaban J connectivity index is 2.16. The van der Waals surface area contributed by atoms with Gasteiger partial charge in [-0.1, -0.05) is 24.3 Å². The zero-order valence-corrected chi connectivity index (χ0v) is 11.1. The van der Waals surface area contributed by atoms with Gasteiger partial charge in [0.05, 0.1) is 29.4 Å². The van der Waals surface area contributed by atoms with Crippen LogP contribution in [0.5, 0.6) is 0 Å². The Bertz CT molecular complexity index is 799. The van der Waals surface area contributed by atoms with Crippen LogP contribution in [0.2, 0.25) is 0 Å². The number of nitrogens with zero attached hydrogens (tertiary/aromatic N) is 1. The second-order valence-electron chi connectivity index (χ2n) is 4.28. The highest BCUT2D eigenvalue weighted by molar-refractivity contribution is 6.07. The van der Waals surface area contributed by atoms with Crippen LogP contribution >= 0.6 is 11.9 Å². The minimum absolute atomic E-state index is 0.220. The molecule has 0 aliphatic heterocycles. The lowest BCUT2D eigenvalue weighted by Gasteiger charge is -2.03. The largest absolute Gasteiger partial charge is 0.403 e. The van der Waals surface area contributed by atoms with Crippen molar-refractivity contribution < 1.29 is 8.71 Å². The molecule has 100 valence electrons. The van der Waals surface area contributed by atoms with E-state index in [1.54, 1.807) is 12.1 Å². The van der Waals surface area contributed by atoms with E-state index in [1.165, 1.54) is 0 Å². The minimum atomic E-state index is -0.426. The van der Waals surface area contributed by atoms with Crippen LogP contribution in [0.4, 0.5) is 0 Å². The standard InChI is InChI=1S/C15H10ClNO3/c16-19-9-10-6-7-13-12(8-10)15(18)20-14(17-13)11-4-2-1-3-5-11/h1-8H,9H2. The summed E-state index contributed by atoms with van der Waals surface area (Å²) in [4.78, 5) is 16.4. The Labute approximate surface area is 119 Å². The number of fused-ring (bicyclic) bond motifs is 1. The van der Waals surface area contributed by atoms with Crippen LogP contribution in [0, 0.1) is 0 Å². The van der Waals surface area contributed by atoms with Gasteiger partial charge in [0.2, 0.25) is 5.89 Å². The average Bonchev–Trinajstić information content (AvgIpc) is 2.49. The molecule has 0 saturated heterocycles. The molecule has 3 rings (SSSR count). The van der Waals surface area contributed by atoms with Crippen LogP contribution in [0.25, 0.3) is 22.4 Å². The lowest BCUT2D eigenvalue weighted by atomic mass is 10.1. The van der Waals surface area contributed by atoms with E-state index in [0.29, 0.717) is 16.8 Å². The third-order valence-electron chi connectivity index (χ3n) is 2.93. The minimum Gasteiger partial charge on any atom is -0.403 e. The van der Waals surface area contributed by atoms with Crippen molar-refractivity contribution in [1.29, 1.82) is 0 Å². The smallest absolute Gasteiger partial charge is 0.347 e. The van der Waals surface area contributed by atoms with Crippen molar-refractivity contribution in [1.82, 2.24) is 4.98 Å². The summed E-state index contributed by atoms with van der Waals surface area (Å²) in [7, 11) is 0. The van der Waals surface area contributed by atoms with Crippen molar-refractivity contribution in [2.75, 3.05) is 0 Å². The fourth-order valence-corrected chi connectivity index (χ4v) is 2.10. The molecule has 0 bridgehead atoms. The van der Waals surface area contributed by atoms with Crippen LogP contribution in [-0.2, 0) is 10.9 Å². The number of aromatic nitrogens is 1. The van der Waals surface area contributed by atoms with Crippen LogP contribution in [0.15, 0.2) is 57.7 Å².